The number of sulfone groups is 1. The summed E-state index contributed by atoms with van der Waals surface area (Å²) in [6.45, 7) is 7.10. The van der Waals surface area contributed by atoms with Crippen molar-refractivity contribution in [3.8, 4) is 0 Å². The average Bonchev–Trinajstić information content (AvgIpc) is 3.03. The van der Waals surface area contributed by atoms with Crippen LogP contribution in [0.3, 0.4) is 0 Å². The molecule has 2 rings (SSSR count). The highest BCUT2D eigenvalue weighted by Crippen LogP contribution is 2.26. The number of benzene rings is 1. The fraction of sp³-hybridized carbons (Fsp3) is 0.412. The molecule has 0 unspecified atom stereocenters. The molecule has 0 radical (unpaired) electrons. The van der Waals surface area contributed by atoms with E-state index in [0.29, 0.717) is 0 Å². The number of nitrogens with zero attached hydrogens (tertiary/aromatic N) is 2. The minimum atomic E-state index is -3.60. The third-order valence-corrected chi connectivity index (χ3v) is 6.92. The summed E-state index contributed by atoms with van der Waals surface area (Å²) in [5.74, 6) is -0.390. The summed E-state index contributed by atoms with van der Waals surface area (Å²) >= 11 is 3.29. The predicted molar refractivity (Wildman–Crippen MR) is 100 cm³/mol. The Labute approximate surface area is 156 Å². The van der Waals surface area contributed by atoms with E-state index in [0.717, 1.165) is 4.47 Å². The smallest absolute Gasteiger partial charge is 0.271 e. The zero-order valence-electron chi connectivity index (χ0n) is 14.7. The third kappa shape index (κ3) is 4.30. The van der Waals surface area contributed by atoms with Gasteiger partial charge in [-0.2, -0.15) is 5.10 Å². The van der Waals surface area contributed by atoms with Crippen molar-refractivity contribution in [2.24, 2.45) is 0 Å². The normalized spacial score (nSPS) is 12.4. The minimum absolute atomic E-state index is 0.0151. The van der Waals surface area contributed by atoms with Gasteiger partial charge in [-0.25, -0.2) is 8.42 Å². The maximum absolute atomic E-state index is 12.8. The summed E-state index contributed by atoms with van der Waals surface area (Å²) in [4.78, 5) is 12.5. The van der Waals surface area contributed by atoms with Crippen molar-refractivity contribution in [3.05, 3.63) is 46.7 Å². The van der Waals surface area contributed by atoms with E-state index < -0.39 is 20.5 Å². The zero-order chi connectivity index (χ0) is 18.8. The van der Waals surface area contributed by atoms with Gasteiger partial charge in [-0.3, -0.25) is 9.48 Å². The number of hydrogen-bond acceptors (Lipinski definition) is 4. The van der Waals surface area contributed by atoms with Crippen molar-refractivity contribution in [2.75, 3.05) is 6.54 Å². The molecule has 0 spiro atoms. The van der Waals surface area contributed by atoms with E-state index in [1.807, 2.05) is 13.8 Å². The molecule has 1 amide bonds. The Morgan fingerprint density at radius 1 is 1.24 bits per heavy atom. The zero-order valence-corrected chi connectivity index (χ0v) is 17.1. The SMILES string of the molecule is CC(C)n1ccc(C(=O)NCC(C)(C)S(=O)(=O)c2ccc(Br)cc2)n1. The van der Waals surface area contributed by atoms with E-state index in [1.54, 1.807) is 55.1 Å². The molecule has 0 saturated carbocycles. The van der Waals surface area contributed by atoms with Crippen LogP contribution < -0.4 is 5.32 Å². The van der Waals surface area contributed by atoms with E-state index in [1.165, 1.54) is 0 Å². The Balaban J connectivity index is 2.11. The maximum Gasteiger partial charge on any atom is 0.271 e. The number of nitrogens with one attached hydrogen (secondary N) is 1. The van der Waals surface area contributed by atoms with E-state index in [9.17, 15) is 13.2 Å². The topological polar surface area (TPSA) is 81.1 Å². The molecule has 0 aliphatic carbocycles. The third-order valence-electron chi connectivity index (χ3n) is 3.90. The number of aromatic nitrogens is 2. The first-order valence-electron chi connectivity index (χ1n) is 7.88. The van der Waals surface area contributed by atoms with Crippen LogP contribution in [0.25, 0.3) is 0 Å². The lowest BCUT2D eigenvalue weighted by atomic mass is 10.2. The molecule has 136 valence electrons. The standard InChI is InChI=1S/C17H22BrN3O3S/c1-12(2)21-10-9-15(20-21)16(22)19-11-17(3,4)25(23,24)14-7-5-13(18)6-8-14/h5-10,12H,11H2,1-4H3,(H,19,22). The van der Waals surface area contributed by atoms with Crippen LogP contribution in [-0.4, -0.2) is 35.4 Å². The van der Waals surface area contributed by atoms with Gasteiger partial charge < -0.3 is 5.32 Å². The van der Waals surface area contributed by atoms with E-state index >= 15 is 0 Å². The summed E-state index contributed by atoms with van der Waals surface area (Å²) in [6, 6.07) is 8.22. The first-order chi connectivity index (χ1) is 11.5. The van der Waals surface area contributed by atoms with Gasteiger partial charge in [0.15, 0.2) is 9.84 Å². The summed E-state index contributed by atoms with van der Waals surface area (Å²) in [7, 11) is -3.60. The average molecular weight is 428 g/mol. The van der Waals surface area contributed by atoms with Gasteiger partial charge in [-0.15, -0.1) is 0 Å². The minimum Gasteiger partial charge on any atom is -0.349 e. The first-order valence-corrected chi connectivity index (χ1v) is 10.2. The molecule has 8 heteroatoms. The molecule has 0 bridgehead atoms. The summed E-state index contributed by atoms with van der Waals surface area (Å²) < 4.78 is 27.0. The van der Waals surface area contributed by atoms with Crippen LogP contribution in [0.5, 0.6) is 0 Å². The number of rotatable bonds is 6. The molecule has 25 heavy (non-hydrogen) atoms. The van der Waals surface area contributed by atoms with Crippen molar-refractivity contribution in [3.63, 3.8) is 0 Å². The molecule has 0 saturated heterocycles. The number of carbonyl (C=O) groups is 1. The molecular weight excluding hydrogens is 406 g/mol. The number of hydrogen-bond donors (Lipinski definition) is 1. The Morgan fingerprint density at radius 2 is 1.84 bits per heavy atom. The Bertz CT molecular complexity index is 856. The molecule has 6 nitrogen and oxygen atoms in total. The molecular formula is C17H22BrN3O3S. The first kappa shape index (κ1) is 19.7. The van der Waals surface area contributed by atoms with Crippen molar-refractivity contribution in [2.45, 2.75) is 43.4 Å². The van der Waals surface area contributed by atoms with Crippen LogP contribution in [0.2, 0.25) is 0 Å². The van der Waals surface area contributed by atoms with Gasteiger partial charge in [-0.05, 0) is 58.0 Å². The largest absolute Gasteiger partial charge is 0.349 e. The maximum atomic E-state index is 12.8. The summed E-state index contributed by atoms with van der Waals surface area (Å²) in [5.41, 5.74) is 0.269. The van der Waals surface area contributed by atoms with Crippen LogP contribution in [0, 0.1) is 0 Å². The van der Waals surface area contributed by atoms with E-state index in [-0.39, 0.29) is 23.2 Å². The van der Waals surface area contributed by atoms with E-state index in [2.05, 4.69) is 26.3 Å². The highest BCUT2D eigenvalue weighted by atomic mass is 79.9. The Kier molecular flexibility index (Phi) is 5.73. The summed E-state index contributed by atoms with van der Waals surface area (Å²) in [6.07, 6.45) is 1.73. The molecule has 0 aliphatic heterocycles. The van der Waals surface area contributed by atoms with Crippen LogP contribution in [0.15, 0.2) is 45.9 Å². The monoisotopic (exact) mass is 427 g/mol. The quantitative estimate of drug-likeness (QED) is 0.766. The van der Waals surface area contributed by atoms with Crippen molar-refractivity contribution >= 4 is 31.7 Å². The van der Waals surface area contributed by atoms with Crippen LogP contribution in [-0.2, 0) is 9.84 Å². The van der Waals surface area contributed by atoms with Gasteiger partial charge in [0, 0.05) is 23.3 Å². The second kappa shape index (κ2) is 7.29. The number of carbonyl (C=O) groups excluding carboxylic acids is 1. The predicted octanol–water partition coefficient (Wildman–Crippen LogP) is 3.21. The number of halogens is 1. The van der Waals surface area contributed by atoms with Crippen LogP contribution >= 0.6 is 15.9 Å². The second-order valence-electron chi connectivity index (χ2n) is 6.67. The molecule has 0 atom stereocenters. The fourth-order valence-corrected chi connectivity index (χ4v) is 3.82. The van der Waals surface area contributed by atoms with Crippen LogP contribution in [0.4, 0.5) is 0 Å². The van der Waals surface area contributed by atoms with Gasteiger partial charge in [0.2, 0.25) is 0 Å². The lowest BCUT2D eigenvalue weighted by molar-refractivity contribution is 0.0944. The molecule has 0 fully saturated rings. The lowest BCUT2D eigenvalue weighted by Crippen LogP contribution is -2.44. The summed E-state index contributed by atoms with van der Waals surface area (Å²) in [5, 5.41) is 6.87. The van der Waals surface area contributed by atoms with Gasteiger partial charge in [0.1, 0.15) is 5.69 Å². The van der Waals surface area contributed by atoms with Crippen LogP contribution in [0.1, 0.15) is 44.2 Å². The molecule has 2 aromatic rings. The molecule has 1 aromatic carbocycles. The molecule has 1 heterocycles. The second-order valence-corrected chi connectivity index (χ2v) is 10.2. The highest BCUT2D eigenvalue weighted by Gasteiger charge is 2.36. The van der Waals surface area contributed by atoms with E-state index in [4.69, 9.17) is 0 Å². The fourth-order valence-electron chi connectivity index (χ4n) is 2.16. The number of amides is 1. The van der Waals surface area contributed by atoms with Gasteiger partial charge >= 0.3 is 0 Å². The van der Waals surface area contributed by atoms with Crippen molar-refractivity contribution in [1.82, 2.24) is 15.1 Å². The Morgan fingerprint density at radius 3 is 2.36 bits per heavy atom. The Hall–Kier alpha value is -1.67. The molecule has 1 N–H and O–H groups in total. The van der Waals surface area contributed by atoms with Gasteiger partial charge in [0.25, 0.3) is 5.91 Å². The molecule has 0 aliphatic rings. The highest BCUT2D eigenvalue weighted by molar-refractivity contribution is 9.10. The molecule has 1 aromatic heterocycles. The lowest BCUT2D eigenvalue weighted by Gasteiger charge is -2.25. The van der Waals surface area contributed by atoms with Crippen molar-refractivity contribution < 1.29 is 13.2 Å². The van der Waals surface area contributed by atoms with Crippen molar-refractivity contribution in [1.29, 1.82) is 0 Å². The van der Waals surface area contributed by atoms with Gasteiger partial charge in [-0.1, -0.05) is 15.9 Å². The van der Waals surface area contributed by atoms with Gasteiger partial charge in [0.05, 0.1) is 9.64 Å².